The molecule has 94 valence electrons. The summed E-state index contributed by atoms with van der Waals surface area (Å²) >= 11 is 3.24. The van der Waals surface area contributed by atoms with E-state index < -0.39 is 0 Å². The fourth-order valence-electron chi connectivity index (χ4n) is 2.30. The third-order valence-electron chi connectivity index (χ3n) is 3.23. The Labute approximate surface area is 113 Å². The van der Waals surface area contributed by atoms with E-state index in [1.54, 1.807) is 12.3 Å². The van der Waals surface area contributed by atoms with Gasteiger partial charge in [0.25, 0.3) is 0 Å². The Balaban J connectivity index is 2.31. The third-order valence-corrected chi connectivity index (χ3v) is 3.84. The normalized spacial score (nSPS) is 14.2. The summed E-state index contributed by atoms with van der Waals surface area (Å²) in [6.45, 7) is 5.05. The van der Waals surface area contributed by atoms with E-state index in [4.69, 9.17) is 0 Å². The summed E-state index contributed by atoms with van der Waals surface area (Å²) in [4.78, 5) is 6.55. The largest absolute Gasteiger partial charge is 0.365 e. The molecular formula is C13H13BrFN3. The number of anilines is 2. The first-order valence-electron chi connectivity index (χ1n) is 5.86. The zero-order valence-electron chi connectivity index (χ0n) is 10.2. The number of halogens is 2. The molecule has 0 saturated carbocycles. The first-order chi connectivity index (χ1) is 8.58. The summed E-state index contributed by atoms with van der Waals surface area (Å²) < 4.78 is 14.0. The highest BCUT2D eigenvalue weighted by Crippen LogP contribution is 2.39. The van der Waals surface area contributed by atoms with Crippen LogP contribution < -0.4 is 10.2 Å². The lowest BCUT2D eigenvalue weighted by molar-refractivity contribution is 0.623. The maximum Gasteiger partial charge on any atom is 0.139 e. The quantitative estimate of drug-likeness (QED) is 0.870. The van der Waals surface area contributed by atoms with Gasteiger partial charge in [-0.1, -0.05) is 0 Å². The van der Waals surface area contributed by atoms with Crippen molar-refractivity contribution in [1.82, 2.24) is 4.98 Å². The van der Waals surface area contributed by atoms with Crippen molar-refractivity contribution in [2.75, 3.05) is 16.9 Å². The van der Waals surface area contributed by atoms with E-state index in [2.05, 4.69) is 45.0 Å². The van der Waals surface area contributed by atoms with Crippen LogP contribution in [-0.4, -0.2) is 17.7 Å². The smallest absolute Gasteiger partial charge is 0.139 e. The monoisotopic (exact) mass is 309 g/mol. The first kappa shape index (κ1) is 11.7. The lowest BCUT2D eigenvalue weighted by Crippen LogP contribution is -2.30. The second-order valence-corrected chi connectivity index (χ2v) is 5.56. The van der Waals surface area contributed by atoms with Crippen LogP contribution >= 0.6 is 15.9 Å². The van der Waals surface area contributed by atoms with E-state index in [1.165, 1.54) is 6.07 Å². The van der Waals surface area contributed by atoms with Crippen LogP contribution in [0.2, 0.25) is 0 Å². The van der Waals surface area contributed by atoms with E-state index in [-0.39, 0.29) is 5.82 Å². The Kier molecular flexibility index (Phi) is 2.66. The van der Waals surface area contributed by atoms with Crippen LogP contribution in [0.3, 0.4) is 0 Å². The molecule has 1 aliphatic rings. The second kappa shape index (κ2) is 4.09. The van der Waals surface area contributed by atoms with E-state index in [1.807, 2.05) is 0 Å². The Hall–Kier alpha value is -1.36. The first-order valence-corrected chi connectivity index (χ1v) is 6.65. The number of benzene rings is 1. The Morgan fingerprint density at radius 2 is 2.22 bits per heavy atom. The van der Waals surface area contributed by atoms with Crippen LogP contribution in [0.15, 0.2) is 22.8 Å². The number of hydrogen-bond donors (Lipinski definition) is 1. The molecule has 0 atom stereocenters. The van der Waals surface area contributed by atoms with E-state index in [0.29, 0.717) is 16.0 Å². The zero-order valence-corrected chi connectivity index (χ0v) is 11.8. The molecule has 18 heavy (non-hydrogen) atoms. The van der Waals surface area contributed by atoms with Gasteiger partial charge in [-0.15, -0.1) is 0 Å². The number of pyridine rings is 1. The second-order valence-electron chi connectivity index (χ2n) is 4.70. The fraction of sp³-hybridized carbons (Fsp3) is 0.308. The minimum atomic E-state index is -0.281. The number of fused-ring (bicyclic) bond motifs is 3. The molecule has 0 bridgehead atoms. The van der Waals surface area contributed by atoms with Crippen LogP contribution in [0.1, 0.15) is 13.8 Å². The van der Waals surface area contributed by atoms with Crippen LogP contribution in [0.5, 0.6) is 0 Å². The van der Waals surface area contributed by atoms with Crippen molar-refractivity contribution in [3.8, 4) is 0 Å². The molecule has 0 saturated heterocycles. The molecule has 3 nitrogen and oxygen atoms in total. The highest BCUT2D eigenvalue weighted by atomic mass is 79.9. The number of rotatable bonds is 1. The van der Waals surface area contributed by atoms with E-state index in [9.17, 15) is 4.39 Å². The van der Waals surface area contributed by atoms with Gasteiger partial charge in [-0.3, -0.25) is 4.98 Å². The molecule has 1 aromatic heterocycles. The van der Waals surface area contributed by atoms with Crippen LogP contribution in [0, 0.1) is 5.82 Å². The summed E-state index contributed by atoms with van der Waals surface area (Å²) in [5.74, 6) is -0.281. The van der Waals surface area contributed by atoms with Crippen molar-refractivity contribution in [2.45, 2.75) is 19.9 Å². The van der Waals surface area contributed by atoms with Gasteiger partial charge in [0, 0.05) is 17.5 Å². The summed E-state index contributed by atoms with van der Waals surface area (Å²) in [6.07, 6.45) is 1.77. The van der Waals surface area contributed by atoms with Gasteiger partial charge >= 0.3 is 0 Å². The topological polar surface area (TPSA) is 28.2 Å². The minimum Gasteiger partial charge on any atom is -0.365 e. The summed E-state index contributed by atoms with van der Waals surface area (Å²) in [7, 11) is 0. The van der Waals surface area contributed by atoms with Crippen molar-refractivity contribution in [2.24, 2.45) is 0 Å². The average Bonchev–Trinajstić information content (AvgIpc) is 2.75. The van der Waals surface area contributed by atoms with Crippen molar-refractivity contribution in [3.63, 3.8) is 0 Å². The van der Waals surface area contributed by atoms with Crippen LogP contribution in [0.4, 0.5) is 15.8 Å². The maximum absolute atomic E-state index is 13.5. The molecule has 1 N–H and O–H groups in total. The number of aromatic nitrogens is 1. The lowest BCUT2D eigenvalue weighted by atomic mass is 10.1. The SMILES string of the molecule is CC(C)N1CNc2cnc3cc(F)c(Br)cc3c21. The molecule has 0 fully saturated rings. The Bertz CT molecular complexity index is 627. The van der Waals surface area contributed by atoms with Crippen molar-refractivity contribution in [3.05, 3.63) is 28.6 Å². The van der Waals surface area contributed by atoms with Gasteiger partial charge in [-0.05, 0) is 35.8 Å². The Morgan fingerprint density at radius 3 is 2.94 bits per heavy atom. The van der Waals surface area contributed by atoms with Crippen LogP contribution in [0.25, 0.3) is 10.9 Å². The van der Waals surface area contributed by atoms with Crippen molar-refractivity contribution in [1.29, 1.82) is 0 Å². The van der Waals surface area contributed by atoms with Crippen molar-refractivity contribution >= 4 is 38.2 Å². The predicted octanol–water partition coefficient (Wildman–Crippen LogP) is 3.73. The number of hydrogen-bond acceptors (Lipinski definition) is 3. The summed E-state index contributed by atoms with van der Waals surface area (Å²) in [5, 5.41) is 4.28. The molecule has 0 spiro atoms. The summed E-state index contributed by atoms with van der Waals surface area (Å²) in [5.41, 5.74) is 2.80. The third kappa shape index (κ3) is 1.65. The van der Waals surface area contributed by atoms with Gasteiger partial charge < -0.3 is 10.2 Å². The van der Waals surface area contributed by atoms with Gasteiger partial charge in [-0.25, -0.2) is 4.39 Å². The maximum atomic E-state index is 13.5. The van der Waals surface area contributed by atoms with E-state index >= 15 is 0 Å². The van der Waals surface area contributed by atoms with Crippen molar-refractivity contribution < 1.29 is 4.39 Å². The number of nitrogens with zero attached hydrogens (tertiary/aromatic N) is 2. The summed E-state index contributed by atoms with van der Waals surface area (Å²) in [6, 6.07) is 3.66. The van der Waals surface area contributed by atoms with E-state index in [0.717, 1.165) is 23.4 Å². The zero-order chi connectivity index (χ0) is 12.9. The molecule has 5 heteroatoms. The molecule has 2 heterocycles. The number of nitrogens with one attached hydrogen (secondary N) is 1. The molecule has 0 unspecified atom stereocenters. The highest BCUT2D eigenvalue weighted by molar-refractivity contribution is 9.10. The fourth-order valence-corrected chi connectivity index (χ4v) is 2.65. The lowest BCUT2D eigenvalue weighted by Gasteiger charge is -2.23. The molecule has 1 aliphatic heterocycles. The van der Waals surface area contributed by atoms with Gasteiger partial charge in [0.2, 0.25) is 0 Å². The molecule has 2 aromatic rings. The highest BCUT2D eigenvalue weighted by Gasteiger charge is 2.24. The van der Waals surface area contributed by atoms with Gasteiger partial charge in [-0.2, -0.15) is 0 Å². The molecule has 0 radical (unpaired) electrons. The molecule has 1 aromatic carbocycles. The standard InChI is InChI=1S/C13H13BrFN3/c1-7(2)18-6-17-12-5-16-11-4-10(15)9(14)3-8(11)13(12)18/h3-5,7,17H,6H2,1-2H3. The minimum absolute atomic E-state index is 0.281. The Morgan fingerprint density at radius 1 is 1.44 bits per heavy atom. The average molecular weight is 310 g/mol. The predicted molar refractivity (Wildman–Crippen MR) is 75.5 cm³/mol. The molecule has 0 amide bonds. The van der Waals surface area contributed by atoms with Gasteiger partial charge in [0.1, 0.15) is 5.82 Å². The molecule has 0 aliphatic carbocycles. The molecular weight excluding hydrogens is 297 g/mol. The van der Waals surface area contributed by atoms with Gasteiger partial charge in [0.05, 0.1) is 34.2 Å². The molecule has 3 rings (SSSR count). The van der Waals surface area contributed by atoms with Crippen LogP contribution in [-0.2, 0) is 0 Å². The van der Waals surface area contributed by atoms with Gasteiger partial charge in [0.15, 0.2) is 0 Å².